The Morgan fingerprint density at radius 1 is 0.929 bits per heavy atom. The lowest BCUT2D eigenvalue weighted by Gasteiger charge is -2.27. The van der Waals surface area contributed by atoms with Crippen LogP contribution >= 0.6 is 15.9 Å². The average Bonchev–Trinajstić information content (AvgIpc) is 3.10. The van der Waals surface area contributed by atoms with Crippen molar-refractivity contribution in [2.75, 3.05) is 13.1 Å². The van der Waals surface area contributed by atoms with Crippen molar-refractivity contribution in [2.24, 2.45) is 0 Å². The maximum Gasteiger partial charge on any atom is 0.255 e. The molecule has 0 aromatic heterocycles. The number of ether oxygens (including phenoxy) is 1. The monoisotopic (exact) mass is 438 g/mol. The molecule has 142 valence electrons. The summed E-state index contributed by atoms with van der Waals surface area (Å²) in [6.45, 7) is 0.854. The lowest BCUT2D eigenvalue weighted by Crippen LogP contribution is -2.34. The molecule has 4 rings (SSSR count). The van der Waals surface area contributed by atoms with Gasteiger partial charge in [0.05, 0.1) is 0 Å². The minimum Gasteiger partial charge on any atom is -0.457 e. The fourth-order valence-corrected chi connectivity index (χ4v) is 3.72. The van der Waals surface area contributed by atoms with Gasteiger partial charge in [0.15, 0.2) is 0 Å². The molecule has 6 heteroatoms. The van der Waals surface area contributed by atoms with E-state index in [0.717, 1.165) is 15.8 Å². The van der Waals surface area contributed by atoms with Gasteiger partial charge in [0.1, 0.15) is 17.7 Å². The Morgan fingerprint density at radius 3 is 2.36 bits per heavy atom. The molecule has 0 bridgehead atoms. The quantitative estimate of drug-likeness (QED) is 0.616. The van der Waals surface area contributed by atoms with Crippen molar-refractivity contribution in [1.29, 1.82) is 0 Å². The number of hydrogen-bond donors (Lipinski definition) is 1. The van der Waals surface area contributed by atoms with Gasteiger partial charge in [-0.1, -0.05) is 46.3 Å². The zero-order chi connectivity index (χ0) is 19.5. The molecule has 1 saturated heterocycles. The standard InChI is InChI=1S/C22H19BrN2O3/c23-18-6-4-5-17(15-18)21-24(13-14-25(21)27)22(26)16-9-11-20(12-10-16)28-19-7-2-1-3-8-19/h1-12,15,21,27H,13-14H2. The van der Waals surface area contributed by atoms with Crippen molar-refractivity contribution >= 4 is 21.8 Å². The highest BCUT2D eigenvalue weighted by Crippen LogP contribution is 2.31. The number of hydrogen-bond acceptors (Lipinski definition) is 4. The molecular formula is C22H19BrN2O3. The number of amides is 1. The molecule has 3 aromatic carbocycles. The molecule has 28 heavy (non-hydrogen) atoms. The van der Waals surface area contributed by atoms with Crippen LogP contribution in [-0.4, -0.2) is 34.2 Å². The maximum absolute atomic E-state index is 13.1. The number of benzene rings is 3. The van der Waals surface area contributed by atoms with Gasteiger partial charge in [0.25, 0.3) is 5.91 Å². The molecule has 1 unspecified atom stereocenters. The van der Waals surface area contributed by atoms with Gasteiger partial charge >= 0.3 is 0 Å². The molecule has 0 radical (unpaired) electrons. The molecule has 1 N–H and O–H groups in total. The van der Waals surface area contributed by atoms with E-state index in [0.29, 0.717) is 24.4 Å². The fourth-order valence-electron chi connectivity index (χ4n) is 3.30. The van der Waals surface area contributed by atoms with Crippen molar-refractivity contribution in [3.8, 4) is 11.5 Å². The van der Waals surface area contributed by atoms with Crippen molar-refractivity contribution in [3.05, 3.63) is 94.5 Å². The number of carbonyl (C=O) groups is 1. The molecule has 3 aromatic rings. The highest BCUT2D eigenvalue weighted by Gasteiger charge is 2.36. The third kappa shape index (κ3) is 3.94. The summed E-state index contributed by atoms with van der Waals surface area (Å²) in [7, 11) is 0. The van der Waals surface area contributed by atoms with Gasteiger partial charge in [-0.05, 0) is 54.1 Å². The number of para-hydroxylation sites is 1. The molecule has 0 spiro atoms. The van der Waals surface area contributed by atoms with E-state index in [1.807, 2.05) is 54.6 Å². The second-order valence-corrected chi connectivity index (χ2v) is 7.45. The predicted molar refractivity (Wildman–Crippen MR) is 109 cm³/mol. The highest BCUT2D eigenvalue weighted by atomic mass is 79.9. The first-order chi connectivity index (χ1) is 13.6. The molecule has 1 aliphatic heterocycles. The van der Waals surface area contributed by atoms with E-state index in [9.17, 15) is 10.0 Å². The lowest BCUT2D eigenvalue weighted by molar-refractivity contribution is -0.122. The minimum absolute atomic E-state index is 0.132. The molecule has 0 aliphatic carbocycles. The minimum atomic E-state index is -0.509. The second kappa shape index (κ2) is 8.14. The van der Waals surface area contributed by atoms with Crippen molar-refractivity contribution in [2.45, 2.75) is 6.17 Å². The van der Waals surface area contributed by atoms with Crippen LogP contribution in [0.4, 0.5) is 0 Å². The lowest BCUT2D eigenvalue weighted by atomic mass is 10.1. The number of hydroxylamine groups is 2. The Morgan fingerprint density at radius 2 is 1.64 bits per heavy atom. The smallest absolute Gasteiger partial charge is 0.255 e. The van der Waals surface area contributed by atoms with Gasteiger partial charge in [-0.3, -0.25) is 4.79 Å². The SMILES string of the molecule is O=C(c1ccc(Oc2ccccc2)cc1)N1CCN(O)C1c1cccc(Br)c1. The molecule has 1 atom stereocenters. The maximum atomic E-state index is 13.1. The van der Waals surface area contributed by atoms with E-state index in [2.05, 4.69) is 15.9 Å². The van der Waals surface area contributed by atoms with Crippen LogP contribution < -0.4 is 4.74 Å². The summed E-state index contributed by atoms with van der Waals surface area (Å²) in [6, 6.07) is 24.2. The first kappa shape index (κ1) is 18.7. The van der Waals surface area contributed by atoms with Crippen molar-refractivity contribution in [1.82, 2.24) is 9.96 Å². The van der Waals surface area contributed by atoms with Gasteiger partial charge in [-0.25, -0.2) is 0 Å². The third-order valence-electron chi connectivity index (χ3n) is 4.64. The zero-order valence-corrected chi connectivity index (χ0v) is 16.6. The van der Waals surface area contributed by atoms with Crippen LogP contribution in [0.1, 0.15) is 22.1 Å². The number of rotatable bonds is 4. The van der Waals surface area contributed by atoms with Crippen LogP contribution in [0.15, 0.2) is 83.3 Å². The van der Waals surface area contributed by atoms with E-state index in [4.69, 9.17) is 4.74 Å². The Balaban J connectivity index is 1.53. The van der Waals surface area contributed by atoms with E-state index in [1.165, 1.54) is 5.06 Å². The predicted octanol–water partition coefficient (Wildman–Crippen LogP) is 5.09. The second-order valence-electron chi connectivity index (χ2n) is 6.53. The van der Waals surface area contributed by atoms with Crippen LogP contribution in [0.2, 0.25) is 0 Å². The number of halogens is 1. The third-order valence-corrected chi connectivity index (χ3v) is 5.13. The number of carbonyl (C=O) groups excluding carboxylic acids is 1. The molecule has 5 nitrogen and oxygen atoms in total. The van der Waals surface area contributed by atoms with Crippen LogP contribution in [-0.2, 0) is 0 Å². The van der Waals surface area contributed by atoms with Crippen molar-refractivity contribution in [3.63, 3.8) is 0 Å². The van der Waals surface area contributed by atoms with E-state index in [1.54, 1.807) is 29.2 Å². The molecule has 1 heterocycles. The Labute approximate surface area is 171 Å². The van der Waals surface area contributed by atoms with Crippen LogP contribution in [0.3, 0.4) is 0 Å². The zero-order valence-electron chi connectivity index (χ0n) is 15.0. The van der Waals surface area contributed by atoms with Gasteiger partial charge < -0.3 is 14.8 Å². The first-order valence-electron chi connectivity index (χ1n) is 8.97. The van der Waals surface area contributed by atoms with Crippen LogP contribution in [0, 0.1) is 0 Å². The molecule has 1 amide bonds. The molecular weight excluding hydrogens is 420 g/mol. The number of nitrogens with zero attached hydrogens (tertiary/aromatic N) is 2. The average molecular weight is 439 g/mol. The summed E-state index contributed by atoms with van der Waals surface area (Å²) in [5.41, 5.74) is 1.41. The summed E-state index contributed by atoms with van der Waals surface area (Å²) < 4.78 is 6.68. The van der Waals surface area contributed by atoms with Crippen LogP contribution in [0.25, 0.3) is 0 Å². The van der Waals surface area contributed by atoms with E-state index >= 15 is 0 Å². The van der Waals surface area contributed by atoms with Crippen LogP contribution in [0.5, 0.6) is 11.5 Å². The molecule has 1 fully saturated rings. The molecule has 1 aliphatic rings. The molecule has 0 saturated carbocycles. The normalized spacial score (nSPS) is 16.9. The topological polar surface area (TPSA) is 53.0 Å². The Hall–Kier alpha value is -2.67. The Kier molecular flexibility index (Phi) is 5.43. The Bertz CT molecular complexity index is 963. The largest absolute Gasteiger partial charge is 0.457 e. The highest BCUT2D eigenvalue weighted by molar-refractivity contribution is 9.10. The van der Waals surface area contributed by atoms with Gasteiger partial charge in [-0.2, -0.15) is 5.06 Å². The summed E-state index contributed by atoms with van der Waals surface area (Å²) in [5.74, 6) is 1.27. The summed E-state index contributed by atoms with van der Waals surface area (Å²) in [6.07, 6.45) is -0.509. The summed E-state index contributed by atoms with van der Waals surface area (Å²) in [5, 5.41) is 11.5. The first-order valence-corrected chi connectivity index (χ1v) is 9.76. The summed E-state index contributed by atoms with van der Waals surface area (Å²) >= 11 is 3.45. The van der Waals surface area contributed by atoms with E-state index in [-0.39, 0.29) is 5.91 Å². The summed E-state index contributed by atoms with van der Waals surface area (Å²) in [4.78, 5) is 14.7. The van der Waals surface area contributed by atoms with E-state index < -0.39 is 6.17 Å². The van der Waals surface area contributed by atoms with Crippen molar-refractivity contribution < 1.29 is 14.7 Å². The fraction of sp³-hybridized carbons (Fsp3) is 0.136. The van der Waals surface area contributed by atoms with Gasteiger partial charge in [0.2, 0.25) is 0 Å². The van der Waals surface area contributed by atoms with Gasteiger partial charge in [-0.15, -0.1) is 0 Å². The van der Waals surface area contributed by atoms with Gasteiger partial charge in [0, 0.05) is 23.1 Å².